The Hall–Kier alpha value is -4.87. The monoisotopic (exact) mass is 601 g/mol. The second-order valence-corrected chi connectivity index (χ2v) is 11.2. The zero-order chi connectivity index (χ0) is 31.2. The van der Waals surface area contributed by atoms with Crippen molar-refractivity contribution in [2.24, 2.45) is 13.0 Å². The summed E-state index contributed by atoms with van der Waals surface area (Å²) in [7, 11) is 3.36. The van der Waals surface area contributed by atoms with Gasteiger partial charge in [-0.15, -0.1) is 0 Å². The fourth-order valence-corrected chi connectivity index (χ4v) is 5.39. The van der Waals surface area contributed by atoms with E-state index in [4.69, 9.17) is 9.47 Å². The van der Waals surface area contributed by atoms with E-state index >= 15 is 0 Å². The molecule has 2 N–H and O–H groups in total. The number of aromatic nitrogens is 4. The van der Waals surface area contributed by atoms with Crippen LogP contribution in [0.1, 0.15) is 37.2 Å². The molecule has 12 nitrogen and oxygen atoms in total. The normalized spacial score (nSPS) is 17.1. The summed E-state index contributed by atoms with van der Waals surface area (Å²) < 4.78 is 15.4. The van der Waals surface area contributed by atoms with Gasteiger partial charge in [-0.25, -0.2) is 4.98 Å². The molecule has 0 saturated carbocycles. The Morgan fingerprint density at radius 2 is 1.93 bits per heavy atom. The van der Waals surface area contributed by atoms with Gasteiger partial charge in [-0.1, -0.05) is 32.0 Å². The highest BCUT2D eigenvalue weighted by Crippen LogP contribution is 2.32. The third-order valence-electron chi connectivity index (χ3n) is 7.69. The number of rotatable bonds is 3. The lowest BCUT2D eigenvalue weighted by Crippen LogP contribution is -2.52. The topological polar surface area (TPSA) is 133 Å². The number of methoxy groups -OCH3 is 1. The van der Waals surface area contributed by atoms with Crippen LogP contribution < -0.4 is 20.1 Å². The van der Waals surface area contributed by atoms with E-state index < -0.39 is 11.9 Å². The zero-order valence-corrected chi connectivity index (χ0v) is 25.6. The van der Waals surface area contributed by atoms with Crippen LogP contribution in [0.15, 0.2) is 54.9 Å². The Morgan fingerprint density at radius 3 is 2.73 bits per heavy atom. The van der Waals surface area contributed by atoms with Gasteiger partial charge in [0.15, 0.2) is 17.2 Å². The molecule has 12 heteroatoms. The molecule has 1 aliphatic heterocycles. The fraction of sp³-hybridized carbons (Fsp3) is 0.406. The molecule has 0 aliphatic carbocycles. The molecule has 2 aromatic heterocycles. The lowest BCUT2D eigenvalue weighted by molar-refractivity contribution is -0.130. The molecule has 0 spiro atoms. The summed E-state index contributed by atoms with van der Waals surface area (Å²) in [5, 5.41) is 11.0. The highest BCUT2D eigenvalue weighted by Gasteiger charge is 2.28. The van der Waals surface area contributed by atoms with Gasteiger partial charge in [0.05, 0.1) is 25.8 Å². The number of benzene rings is 2. The number of para-hydroxylation sites is 1. The summed E-state index contributed by atoms with van der Waals surface area (Å²) in [6.45, 7) is 5.06. The van der Waals surface area contributed by atoms with Crippen molar-refractivity contribution in [2.45, 2.75) is 39.3 Å². The molecule has 2 aromatic carbocycles. The van der Waals surface area contributed by atoms with Crippen molar-refractivity contribution in [3.63, 3.8) is 0 Å². The maximum absolute atomic E-state index is 13.9. The van der Waals surface area contributed by atoms with Crippen LogP contribution in [0.4, 0.5) is 0 Å². The van der Waals surface area contributed by atoms with Gasteiger partial charge < -0.3 is 29.6 Å². The van der Waals surface area contributed by atoms with Gasteiger partial charge in [0.2, 0.25) is 11.8 Å². The van der Waals surface area contributed by atoms with E-state index in [1.165, 1.54) is 4.90 Å². The second-order valence-electron chi connectivity index (χ2n) is 11.2. The quantitative estimate of drug-likeness (QED) is 0.369. The number of fused-ring (bicyclic) bond motifs is 5. The average Bonchev–Trinajstić information content (AvgIpc) is 3.63. The van der Waals surface area contributed by atoms with E-state index in [0.717, 1.165) is 16.9 Å². The van der Waals surface area contributed by atoms with E-state index in [0.29, 0.717) is 42.8 Å². The predicted octanol–water partition coefficient (Wildman–Crippen LogP) is 3.02. The number of nitrogens with one attached hydrogen (secondary N) is 2. The largest absolute Gasteiger partial charge is 0.493 e. The van der Waals surface area contributed by atoms with Crippen LogP contribution in [0, 0.1) is 5.92 Å². The summed E-state index contributed by atoms with van der Waals surface area (Å²) in [5.41, 5.74) is 1.93. The Bertz CT molecular complexity index is 1640. The lowest BCUT2D eigenvalue weighted by Gasteiger charge is -2.25. The Labute approximate surface area is 256 Å². The molecule has 4 aromatic rings. The molecule has 1 aliphatic rings. The molecule has 2 bridgehead atoms. The number of hydrogen-bond acceptors (Lipinski definition) is 7. The molecule has 1 atom stereocenters. The van der Waals surface area contributed by atoms with Gasteiger partial charge in [0.1, 0.15) is 11.9 Å². The Kier molecular flexibility index (Phi) is 9.47. The van der Waals surface area contributed by atoms with E-state index in [2.05, 4.69) is 20.7 Å². The first kappa shape index (κ1) is 30.6. The standard InChI is InChI=1S/C32H39N7O5/c1-21(2)28-31(41)34-13-7-15-38-17-14-33-30(38)22-11-12-25(43-4)26(19-22)44-18-8-16-39(20-27(40)35-28)32(42)29-23-9-5-6-10-24(23)37(3)36-29/h5-6,9-12,14,17,19,21,28H,7-8,13,15-16,18,20H2,1-4H3,(H,34,41)(H,35,40)/t28-/m1/s1. The van der Waals surface area contributed by atoms with Crippen LogP contribution in [-0.2, 0) is 23.2 Å². The number of hydrogen-bond donors (Lipinski definition) is 2. The zero-order valence-electron chi connectivity index (χ0n) is 25.6. The number of carbonyl (C=O) groups is 3. The minimum absolute atomic E-state index is 0.160. The summed E-state index contributed by atoms with van der Waals surface area (Å²) >= 11 is 0. The number of imidazole rings is 1. The minimum atomic E-state index is -0.752. The van der Waals surface area contributed by atoms with Crippen molar-refractivity contribution in [3.05, 3.63) is 60.6 Å². The third-order valence-corrected chi connectivity index (χ3v) is 7.69. The fourth-order valence-electron chi connectivity index (χ4n) is 5.39. The summed E-state index contributed by atoms with van der Waals surface area (Å²) in [4.78, 5) is 46.3. The Balaban J connectivity index is 1.44. The van der Waals surface area contributed by atoms with Gasteiger partial charge in [-0.2, -0.15) is 5.10 Å². The van der Waals surface area contributed by atoms with Crippen LogP contribution in [0.3, 0.4) is 0 Å². The minimum Gasteiger partial charge on any atom is -0.493 e. The first-order valence-electron chi connectivity index (χ1n) is 14.9. The molecule has 0 radical (unpaired) electrons. The van der Waals surface area contributed by atoms with Crippen molar-refractivity contribution in [1.82, 2.24) is 34.9 Å². The second kappa shape index (κ2) is 13.6. The van der Waals surface area contributed by atoms with E-state index in [1.807, 2.05) is 67.1 Å². The van der Waals surface area contributed by atoms with E-state index in [9.17, 15) is 14.4 Å². The number of ether oxygens (including phenoxy) is 2. The maximum Gasteiger partial charge on any atom is 0.275 e. The van der Waals surface area contributed by atoms with Gasteiger partial charge in [-0.3, -0.25) is 19.1 Å². The highest BCUT2D eigenvalue weighted by molar-refractivity contribution is 6.05. The number of carbonyl (C=O) groups excluding carboxylic acids is 3. The van der Waals surface area contributed by atoms with Gasteiger partial charge in [-0.05, 0) is 43.0 Å². The third kappa shape index (κ3) is 6.69. The first-order valence-corrected chi connectivity index (χ1v) is 14.9. The van der Waals surface area contributed by atoms with Crippen molar-refractivity contribution in [1.29, 1.82) is 0 Å². The van der Waals surface area contributed by atoms with E-state index in [1.54, 1.807) is 25.0 Å². The lowest BCUT2D eigenvalue weighted by atomic mass is 10.0. The molecule has 3 amide bonds. The molecule has 44 heavy (non-hydrogen) atoms. The van der Waals surface area contributed by atoms with Crippen LogP contribution in [0.2, 0.25) is 0 Å². The Morgan fingerprint density at radius 1 is 1.11 bits per heavy atom. The van der Waals surface area contributed by atoms with Gasteiger partial charge in [0, 0.05) is 50.0 Å². The average molecular weight is 602 g/mol. The van der Waals surface area contributed by atoms with Crippen LogP contribution >= 0.6 is 0 Å². The van der Waals surface area contributed by atoms with Crippen molar-refractivity contribution >= 4 is 28.6 Å². The van der Waals surface area contributed by atoms with Crippen LogP contribution in [-0.4, -0.2) is 81.3 Å². The molecule has 0 unspecified atom stereocenters. The molecule has 232 valence electrons. The van der Waals surface area contributed by atoms with Crippen molar-refractivity contribution in [2.75, 3.05) is 33.4 Å². The molecular weight excluding hydrogens is 562 g/mol. The van der Waals surface area contributed by atoms with Crippen LogP contribution in [0.25, 0.3) is 22.3 Å². The smallest absolute Gasteiger partial charge is 0.275 e. The number of aryl methyl sites for hydroxylation is 2. The molecule has 3 heterocycles. The molecule has 0 saturated heterocycles. The summed E-state index contributed by atoms with van der Waals surface area (Å²) in [6, 6.07) is 12.4. The van der Waals surface area contributed by atoms with Crippen LogP contribution in [0.5, 0.6) is 11.5 Å². The maximum atomic E-state index is 13.9. The first-order chi connectivity index (χ1) is 21.3. The number of amides is 3. The number of nitrogens with zero attached hydrogens (tertiary/aromatic N) is 5. The predicted molar refractivity (Wildman–Crippen MR) is 165 cm³/mol. The molecule has 5 rings (SSSR count). The summed E-state index contributed by atoms with van der Waals surface area (Å²) in [5.74, 6) is 0.672. The molecular formula is C32H39N7O5. The SMILES string of the molecule is COc1ccc2cc1OCCCN(C(=O)c1nn(C)c3ccccc13)CC(=O)N[C@H](C(C)C)C(=O)NCCCn1ccnc1-2. The molecule has 0 fully saturated rings. The van der Waals surface area contributed by atoms with Gasteiger partial charge >= 0.3 is 0 Å². The van der Waals surface area contributed by atoms with Gasteiger partial charge in [0.25, 0.3) is 5.91 Å². The van der Waals surface area contributed by atoms with Crippen molar-refractivity contribution in [3.8, 4) is 22.9 Å². The summed E-state index contributed by atoms with van der Waals surface area (Å²) in [6.07, 6.45) is 4.73. The van der Waals surface area contributed by atoms with E-state index in [-0.39, 0.29) is 43.1 Å². The van der Waals surface area contributed by atoms with Crippen molar-refractivity contribution < 1.29 is 23.9 Å². The highest BCUT2D eigenvalue weighted by atomic mass is 16.5.